The third kappa shape index (κ3) is 3.40. The van der Waals surface area contributed by atoms with Crippen LogP contribution in [0.4, 0.5) is 96.6 Å². The van der Waals surface area contributed by atoms with Crippen molar-refractivity contribution in [3.8, 4) is 0 Å². The van der Waals surface area contributed by atoms with Gasteiger partial charge in [0.25, 0.3) is 0 Å². The van der Waals surface area contributed by atoms with Crippen LogP contribution in [-0.2, 0) is 0 Å². The summed E-state index contributed by atoms with van der Waals surface area (Å²) in [6.07, 6.45) is -43.6. The molecule has 0 bridgehead atoms. The summed E-state index contributed by atoms with van der Waals surface area (Å²) in [5.74, 6) is -19.3. The van der Waals surface area contributed by atoms with Crippen molar-refractivity contribution in [3.63, 3.8) is 0 Å². The van der Waals surface area contributed by atoms with Gasteiger partial charge in [-0.2, -0.15) is 83.4 Å². The van der Waals surface area contributed by atoms with Gasteiger partial charge in [-0.1, -0.05) is 0 Å². The van der Waals surface area contributed by atoms with E-state index in [0.717, 1.165) is 0 Å². The topological polar surface area (TPSA) is 0 Å². The first-order valence-corrected chi connectivity index (χ1v) is 6.41. The zero-order valence-corrected chi connectivity index (χ0v) is 13.3. The second kappa shape index (κ2) is 6.98. The zero-order valence-electron chi connectivity index (χ0n) is 13.3. The van der Waals surface area contributed by atoms with Gasteiger partial charge in [0.15, 0.2) is 0 Å². The van der Waals surface area contributed by atoms with Crippen LogP contribution in [0.2, 0.25) is 0 Å². The monoisotopic (exact) mass is 538 g/mol. The highest BCUT2D eigenvalue weighted by Crippen LogP contribution is 2.70. The Labute approximate surface area is 158 Å². The molecular weight excluding hydrogens is 538 g/mol. The Balaban J connectivity index is 7.96. The summed E-state index contributed by atoms with van der Waals surface area (Å²) in [5.41, 5.74) is -28.2. The molecule has 0 aliphatic rings. The molecule has 0 spiro atoms. The average molecular weight is 538 g/mol. The number of hydrogen-bond donors (Lipinski definition) is 0. The summed E-state index contributed by atoms with van der Waals surface area (Å²) in [5, 5.41) is 0. The van der Waals surface area contributed by atoms with E-state index in [1.165, 1.54) is 0 Å². The van der Waals surface area contributed by atoms with E-state index in [-0.39, 0.29) is 0 Å². The molecule has 0 aliphatic heterocycles. The van der Waals surface area contributed by atoms with Crippen molar-refractivity contribution in [3.05, 3.63) is 0 Å². The molecule has 0 aromatic heterocycles. The summed E-state index contributed by atoms with van der Waals surface area (Å²) >= 11 is 0. The predicted octanol–water partition coefficient (Wildman–Crippen LogP) is 7.19. The second-order valence-corrected chi connectivity index (χ2v) is 5.61. The maximum absolute atomic E-state index is 13.9. The molecular formula is C10F22. The first kappa shape index (κ1) is 30.5. The molecule has 194 valence electrons. The van der Waals surface area contributed by atoms with Gasteiger partial charge in [0, 0.05) is 0 Å². The molecule has 0 nitrogen and oxygen atoms in total. The van der Waals surface area contributed by atoms with Gasteiger partial charge in [-0.15, -0.1) is 0 Å². The lowest BCUT2D eigenvalue weighted by Crippen LogP contribution is -2.83. The van der Waals surface area contributed by atoms with Crippen LogP contribution in [0.3, 0.4) is 0 Å². The first-order valence-electron chi connectivity index (χ1n) is 6.41. The molecule has 0 aliphatic carbocycles. The van der Waals surface area contributed by atoms with Crippen LogP contribution in [0, 0.1) is 0 Å². The summed E-state index contributed by atoms with van der Waals surface area (Å²) in [6, 6.07) is 0. The fraction of sp³-hybridized carbons (Fsp3) is 1.00. The third-order valence-corrected chi connectivity index (χ3v) is 3.68. The highest BCUT2D eigenvalue weighted by atomic mass is 19.4. The van der Waals surface area contributed by atoms with Gasteiger partial charge in [-0.25, -0.2) is 13.2 Å². The Kier molecular flexibility index (Phi) is 6.65. The van der Waals surface area contributed by atoms with Gasteiger partial charge in [0.2, 0.25) is 0 Å². The number of hydrogen-bond acceptors (Lipinski definition) is 0. The van der Waals surface area contributed by atoms with Gasteiger partial charge < -0.3 is 0 Å². The van der Waals surface area contributed by atoms with Gasteiger partial charge in [-0.05, 0) is 0 Å². The predicted molar refractivity (Wildman–Crippen MR) is 51.7 cm³/mol. The molecule has 0 saturated heterocycles. The van der Waals surface area contributed by atoms with Crippen LogP contribution in [0.25, 0.3) is 0 Å². The highest BCUT2D eigenvalue weighted by Gasteiger charge is 3.03. The quantitative estimate of drug-likeness (QED) is 0.333. The van der Waals surface area contributed by atoms with E-state index in [9.17, 15) is 96.6 Å². The zero-order chi connectivity index (χ0) is 27.0. The van der Waals surface area contributed by atoms with Crippen molar-refractivity contribution in [1.29, 1.82) is 0 Å². The van der Waals surface area contributed by atoms with Crippen LogP contribution in [0.5, 0.6) is 0 Å². The van der Waals surface area contributed by atoms with E-state index in [0.29, 0.717) is 0 Å². The Morgan fingerprint density at radius 2 is 0.312 bits per heavy atom. The molecule has 0 radical (unpaired) electrons. The van der Waals surface area contributed by atoms with Gasteiger partial charge in [0.1, 0.15) is 0 Å². The van der Waals surface area contributed by atoms with E-state index in [1.807, 2.05) is 0 Å². The summed E-state index contributed by atoms with van der Waals surface area (Å²) in [6.45, 7) is 0. The standard InChI is InChI=1S/C10F22/c11-1(6(18,19)20,4(14,15)2(12,7(21,22)23)8(24,25)26)5(16,17)3(13,9(27,28)29)10(30,31)32. The molecule has 0 fully saturated rings. The molecule has 22 heteroatoms. The lowest BCUT2D eigenvalue weighted by Gasteiger charge is -2.49. The second-order valence-electron chi connectivity index (χ2n) is 5.61. The molecule has 32 heavy (non-hydrogen) atoms. The van der Waals surface area contributed by atoms with Crippen molar-refractivity contribution < 1.29 is 96.6 Å². The van der Waals surface area contributed by atoms with Crippen molar-refractivity contribution in [2.45, 2.75) is 59.7 Å². The van der Waals surface area contributed by atoms with Gasteiger partial charge >= 0.3 is 59.7 Å². The third-order valence-electron chi connectivity index (χ3n) is 3.68. The van der Waals surface area contributed by atoms with E-state index in [2.05, 4.69) is 0 Å². The fourth-order valence-corrected chi connectivity index (χ4v) is 2.06. The number of alkyl halides is 22. The minimum atomic E-state index is -9.77. The Bertz CT molecular complexity index is 598. The molecule has 0 aromatic carbocycles. The molecule has 0 N–H and O–H groups in total. The van der Waals surface area contributed by atoms with E-state index in [1.54, 1.807) is 0 Å². The van der Waals surface area contributed by atoms with E-state index < -0.39 is 59.7 Å². The Morgan fingerprint density at radius 1 is 0.188 bits per heavy atom. The molecule has 0 rings (SSSR count). The average Bonchev–Trinajstić information content (AvgIpc) is 2.45. The Morgan fingerprint density at radius 3 is 0.406 bits per heavy atom. The summed E-state index contributed by atoms with van der Waals surface area (Å²) in [7, 11) is 0. The minimum absolute atomic E-state index is 8.65. The van der Waals surface area contributed by atoms with Crippen molar-refractivity contribution in [1.82, 2.24) is 0 Å². The first-order chi connectivity index (χ1) is 13.2. The molecule has 0 heterocycles. The summed E-state index contributed by atoms with van der Waals surface area (Å²) < 4.78 is 280. The normalized spacial score (nSPS) is 17.1. The maximum Gasteiger partial charge on any atom is 0.437 e. The molecule has 0 unspecified atom stereocenters. The molecule has 0 aromatic rings. The van der Waals surface area contributed by atoms with Crippen LogP contribution in [0.15, 0.2) is 0 Å². The van der Waals surface area contributed by atoms with Gasteiger partial charge in [-0.3, -0.25) is 0 Å². The highest BCUT2D eigenvalue weighted by molar-refractivity contribution is 5.26. The smallest absolute Gasteiger partial charge is 0.220 e. The van der Waals surface area contributed by atoms with Crippen LogP contribution in [0.1, 0.15) is 0 Å². The van der Waals surface area contributed by atoms with Crippen molar-refractivity contribution in [2.75, 3.05) is 0 Å². The van der Waals surface area contributed by atoms with E-state index >= 15 is 0 Å². The minimum Gasteiger partial charge on any atom is -0.220 e. The van der Waals surface area contributed by atoms with Crippen molar-refractivity contribution in [2.24, 2.45) is 0 Å². The summed E-state index contributed by atoms with van der Waals surface area (Å²) in [4.78, 5) is 0. The SMILES string of the molecule is FC(F)(F)C(F)(C(F)(F)F)C(F)(F)C(F)(C(F)(F)F)C(F)(F)C(F)(C(F)(F)F)C(F)(F)F. The number of rotatable bonds is 4. The van der Waals surface area contributed by atoms with Crippen molar-refractivity contribution >= 4 is 0 Å². The Hall–Kier alpha value is -1.54. The van der Waals surface area contributed by atoms with Crippen LogP contribution >= 0.6 is 0 Å². The lowest BCUT2D eigenvalue weighted by molar-refractivity contribution is -0.489. The van der Waals surface area contributed by atoms with E-state index in [4.69, 9.17) is 0 Å². The fourth-order valence-electron chi connectivity index (χ4n) is 2.06. The van der Waals surface area contributed by atoms with Crippen LogP contribution in [-0.4, -0.2) is 59.7 Å². The molecule has 0 saturated carbocycles. The maximum atomic E-state index is 13.9. The van der Waals surface area contributed by atoms with Gasteiger partial charge in [0.05, 0.1) is 0 Å². The molecule has 0 amide bonds. The van der Waals surface area contributed by atoms with Crippen LogP contribution < -0.4 is 0 Å². The largest absolute Gasteiger partial charge is 0.437 e. The number of halogens is 22. The lowest BCUT2D eigenvalue weighted by atomic mass is 9.73. The molecule has 0 atom stereocenters.